The van der Waals surface area contributed by atoms with Gasteiger partial charge in [0, 0.05) is 38.1 Å². The molecular formula is C18H22N4O5S. The van der Waals surface area contributed by atoms with Crippen LogP contribution in [0.1, 0.15) is 12.8 Å². The first kappa shape index (κ1) is 18.8. The molecule has 28 heavy (non-hydrogen) atoms. The van der Waals surface area contributed by atoms with Crippen LogP contribution in [0.2, 0.25) is 0 Å². The molecule has 3 heterocycles. The Morgan fingerprint density at radius 3 is 2.79 bits per heavy atom. The molecule has 2 aliphatic heterocycles. The van der Waals surface area contributed by atoms with E-state index in [-0.39, 0.29) is 17.3 Å². The van der Waals surface area contributed by atoms with Crippen LogP contribution in [0, 0.1) is 5.92 Å². The summed E-state index contributed by atoms with van der Waals surface area (Å²) in [5.41, 5.74) is 0.599. The fourth-order valence-corrected chi connectivity index (χ4v) is 4.93. The Hall–Kier alpha value is -2.59. The Morgan fingerprint density at radius 1 is 1.25 bits per heavy atom. The molecule has 150 valence electrons. The number of carbonyl (C=O) groups excluding carboxylic acids is 1. The number of hydrogen-bond acceptors (Lipinski definition) is 6. The molecule has 0 bridgehead atoms. The summed E-state index contributed by atoms with van der Waals surface area (Å²) in [5, 5.41) is 6.80. The SMILES string of the molecule is Cn1cc(S(=O)(=O)N2CCC[C@@H](C(=O)Nc3ccc4c(c3)OCCO4)C2)cn1. The first-order chi connectivity index (χ1) is 13.4. The first-order valence-corrected chi connectivity index (χ1v) is 10.6. The number of carbonyl (C=O) groups is 1. The van der Waals surface area contributed by atoms with Gasteiger partial charge in [-0.3, -0.25) is 9.48 Å². The minimum atomic E-state index is -3.66. The molecule has 1 atom stereocenters. The van der Waals surface area contributed by atoms with Crippen molar-refractivity contribution in [3.8, 4) is 11.5 Å². The third kappa shape index (κ3) is 3.69. The van der Waals surface area contributed by atoms with E-state index in [0.29, 0.717) is 49.8 Å². The molecule has 1 aromatic heterocycles. The van der Waals surface area contributed by atoms with Crippen LogP contribution in [-0.2, 0) is 21.9 Å². The lowest BCUT2D eigenvalue weighted by Gasteiger charge is -2.30. The van der Waals surface area contributed by atoms with E-state index in [1.54, 1.807) is 25.2 Å². The summed E-state index contributed by atoms with van der Waals surface area (Å²) in [7, 11) is -1.99. The largest absolute Gasteiger partial charge is 0.486 e. The summed E-state index contributed by atoms with van der Waals surface area (Å²) in [4.78, 5) is 12.9. The molecule has 1 saturated heterocycles. The van der Waals surface area contributed by atoms with Gasteiger partial charge in [-0.2, -0.15) is 9.40 Å². The van der Waals surface area contributed by atoms with E-state index in [1.165, 1.54) is 21.4 Å². The topological polar surface area (TPSA) is 103 Å². The highest BCUT2D eigenvalue weighted by molar-refractivity contribution is 7.89. The fourth-order valence-electron chi connectivity index (χ4n) is 3.42. The number of aromatic nitrogens is 2. The maximum Gasteiger partial charge on any atom is 0.246 e. The molecule has 0 radical (unpaired) electrons. The van der Waals surface area contributed by atoms with E-state index < -0.39 is 15.9 Å². The third-order valence-corrected chi connectivity index (χ3v) is 6.70. The number of rotatable bonds is 4. The van der Waals surface area contributed by atoms with Crippen LogP contribution in [-0.4, -0.2) is 54.7 Å². The van der Waals surface area contributed by atoms with E-state index in [2.05, 4.69) is 10.4 Å². The van der Waals surface area contributed by atoms with Crippen LogP contribution >= 0.6 is 0 Å². The Bertz CT molecular complexity index is 988. The molecule has 10 heteroatoms. The van der Waals surface area contributed by atoms with Crippen molar-refractivity contribution in [3.05, 3.63) is 30.6 Å². The summed E-state index contributed by atoms with van der Waals surface area (Å²) < 4.78 is 39.4. The maximum absolute atomic E-state index is 12.8. The van der Waals surface area contributed by atoms with E-state index >= 15 is 0 Å². The number of nitrogens with one attached hydrogen (secondary N) is 1. The number of nitrogens with zero attached hydrogens (tertiary/aromatic N) is 3. The van der Waals surface area contributed by atoms with Gasteiger partial charge in [-0.25, -0.2) is 8.42 Å². The van der Waals surface area contributed by atoms with Gasteiger partial charge >= 0.3 is 0 Å². The Morgan fingerprint density at radius 2 is 2.04 bits per heavy atom. The van der Waals surface area contributed by atoms with Crippen molar-refractivity contribution in [2.24, 2.45) is 13.0 Å². The molecule has 0 saturated carbocycles. The summed E-state index contributed by atoms with van der Waals surface area (Å²) in [5.74, 6) is 0.611. The lowest BCUT2D eigenvalue weighted by atomic mass is 9.98. The molecule has 1 amide bonds. The zero-order valence-electron chi connectivity index (χ0n) is 15.5. The van der Waals surface area contributed by atoms with E-state index in [9.17, 15) is 13.2 Å². The average molecular weight is 406 g/mol. The van der Waals surface area contributed by atoms with Crippen LogP contribution in [0.4, 0.5) is 5.69 Å². The van der Waals surface area contributed by atoms with Gasteiger partial charge in [0.2, 0.25) is 15.9 Å². The van der Waals surface area contributed by atoms with Crippen molar-refractivity contribution in [2.75, 3.05) is 31.6 Å². The van der Waals surface area contributed by atoms with Crippen LogP contribution in [0.5, 0.6) is 11.5 Å². The van der Waals surface area contributed by atoms with Crippen molar-refractivity contribution in [3.63, 3.8) is 0 Å². The Balaban J connectivity index is 1.45. The average Bonchev–Trinajstić information content (AvgIpc) is 3.15. The number of anilines is 1. The summed E-state index contributed by atoms with van der Waals surface area (Å²) in [6.07, 6.45) is 4.05. The Labute approximate surface area is 163 Å². The van der Waals surface area contributed by atoms with Gasteiger partial charge in [-0.15, -0.1) is 0 Å². The first-order valence-electron chi connectivity index (χ1n) is 9.13. The minimum Gasteiger partial charge on any atom is -0.486 e. The zero-order chi connectivity index (χ0) is 19.7. The number of aryl methyl sites for hydroxylation is 1. The van der Waals surface area contributed by atoms with Crippen LogP contribution < -0.4 is 14.8 Å². The summed E-state index contributed by atoms with van der Waals surface area (Å²) in [6.45, 7) is 1.51. The highest BCUT2D eigenvalue weighted by atomic mass is 32.2. The molecular weight excluding hydrogens is 384 g/mol. The summed E-state index contributed by atoms with van der Waals surface area (Å²) >= 11 is 0. The highest BCUT2D eigenvalue weighted by Gasteiger charge is 2.34. The third-order valence-electron chi connectivity index (χ3n) is 4.88. The normalized spacial score (nSPS) is 20.0. The lowest BCUT2D eigenvalue weighted by Crippen LogP contribution is -2.43. The molecule has 9 nitrogen and oxygen atoms in total. The van der Waals surface area contributed by atoms with Gasteiger partial charge in [0.15, 0.2) is 11.5 Å². The van der Waals surface area contributed by atoms with E-state index in [4.69, 9.17) is 9.47 Å². The van der Waals surface area contributed by atoms with Gasteiger partial charge in [-0.05, 0) is 25.0 Å². The van der Waals surface area contributed by atoms with Crippen molar-refractivity contribution < 1.29 is 22.7 Å². The molecule has 0 unspecified atom stereocenters. The van der Waals surface area contributed by atoms with Crippen molar-refractivity contribution >= 4 is 21.6 Å². The van der Waals surface area contributed by atoms with Gasteiger partial charge < -0.3 is 14.8 Å². The fraction of sp³-hybridized carbons (Fsp3) is 0.444. The van der Waals surface area contributed by atoms with Crippen molar-refractivity contribution in [1.29, 1.82) is 0 Å². The number of sulfonamides is 1. The number of ether oxygens (including phenoxy) is 2. The zero-order valence-corrected chi connectivity index (χ0v) is 16.3. The molecule has 4 rings (SSSR count). The lowest BCUT2D eigenvalue weighted by molar-refractivity contribution is -0.120. The second-order valence-electron chi connectivity index (χ2n) is 6.90. The second-order valence-corrected chi connectivity index (χ2v) is 8.84. The monoisotopic (exact) mass is 406 g/mol. The molecule has 0 aliphatic carbocycles. The Kier molecular flexibility index (Phi) is 4.98. The van der Waals surface area contributed by atoms with Crippen LogP contribution in [0.25, 0.3) is 0 Å². The molecule has 1 N–H and O–H groups in total. The quantitative estimate of drug-likeness (QED) is 0.819. The van der Waals surface area contributed by atoms with Gasteiger partial charge in [0.05, 0.1) is 12.1 Å². The van der Waals surface area contributed by atoms with Gasteiger partial charge in [0.1, 0.15) is 18.1 Å². The van der Waals surface area contributed by atoms with Crippen LogP contribution in [0.15, 0.2) is 35.5 Å². The smallest absolute Gasteiger partial charge is 0.246 e. The number of fused-ring (bicyclic) bond motifs is 1. The predicted molar refractivity (Wildman–Crippen MR) is 101 cm³/mol. The molecule has 1 fully saturated rings. The standard InChI is InChI=1S/C18H22N4O5S/c1-21-12-15(10-19-21)28(24,25)22-6-2-3-13(11-22)18(23)20-14-4-5-16-17(9-14)27-8-7-26-16/h4-5,9-10,12-13H,2-3,6-8,11H2,1H3,(H,20,23)/t13-/m1/s1. The molecule has 0 spiro atoms. The highest BCUT2D eigenvalue weighted by Crippen LogP contribution is 2.33. The molecule has 2 aromatic rings. The van der Waals surface area contributed by atoms with E-state index in [0.717, 1.165) is 0 Å². The second kappa shape index (κ2) is 7.44. The summed E-state index contributed by atoms with van der Waals surface area (Å²) in [6, 6.07) is 5.22. The number of amides is 1. The number of benzene rings is 1. The number of hydrogen-bond donors (Lipinski definition) is 1. The molecule has 1 aromatic carbocycles. The number of piperidine rings is 1. The van der Waals surface area contributed by atoms with Gasteiger partial charge in [0.25, 0.3) is 0 Å². The maximum atomic E-state index is 12.8. The predicted octanol–water partition coefficient (Wildman–Crippen LogP) is 1.23. The minimum absolute atomic E-state index is 0.142. The van der Waals surface area contributed by atoms with Gasteiger partial charge in [-0.1, -0.05) is 0 Å². The van der Waals surface area contributed by atoms with Crippen LogP contribution in [0.3, 0.4) is 0 Å². The molecule has 2 aliphatic rings. The van der Waals surface area contributed by atoms with E-state index in [1.807, 2.05) is 0 Å². The van der Waals surface area contributed by atoms with Crippen molar-refractivity contribution in [2.45, 2.75) is 17.7 Å². The van der Waals surface area contributed by atoms with Crippen molar-refractivity contribution in [1.82, 2.24) is 14.1 Å².